The summed E-state index contributed by atoms with van der Waals surface area (Å²) in [6.07, 6.45) is 1.83. The van der Waals surface area contributed by atoms with Crippen molar-refractivity contribution in [3.8, 4) is 28.3 Å². The monoisotopic (exact) mass is 513 g/mol. The van der Waals surface area contributed by atoms with Crippen LogP contribution in [0.2, 0.25) is 0 Å². The molecule has 4 nitrogen and oxygen atoms in total. The molecule has 3 heterocycles. The molecule has 0 unspecified atom stereocenters. The van der Waals surface area contributed by atoms with E-state index >= 15 is 0 Å². The van der Waals surface area contributed by atoms with E-state index in [4.69, 9.17) is 14.7 Å². The number of hydrogen-bond acceptors (Lipinski definition) is 4. The van der Waals surface area contributed by atoms with Gasteiger partial charge >= 0.3 is 0 Å². The molecule has 0 N–H and O–H groups in total. The molecular formula is C36H23N3O. The standard InChI is InChI=1S/C36H23N3O/c1-40-30-21-25-11-5-6-13-26(25)32-31-27(14-7-15-29(31)39-34(33(30)32)22-9-3-2-4-10-22)28-19-18-24-17-16-23-12-8-20-37-35(23)36(24)38-28/h2-21H,1H3. The SMILES string of the molecule is COc1cc2ccccc2c2c1c(-c1ccccc1)nc1cccc(-c3ccc4ccc5cccnc5c4n3)c12. The van der Waals surface area contributed by atoms with Crippen LogP contribution in [0.5, 0.6) is 5.75 Å². The number of hydrogen-bond donors (Lipinski definition) is 0. The minimum Gasteiger partial charge on any atom is -0.496 e. The van der Waals surface area contributed by atoms with Gasteiger partial charge in [0.15, 0.2) is 0 Å². The van der Waals surface area contributed by atoms with Crippen molar-refractivity contribution in [3.05, 3.63) is 121 Å². The molecule has 188 valence electrons. The van der Waals surface area contributed by atoms with Crippen molar-refractivity contribution >= 4 is 54.3 Å². The van der Waals surface area contributed by atoms with Gasteiger partial charge < -0.3 is 4.74 Å². The first-order valence-corrected chi connectivity index (χ1v) is 13.3. The third kappa shape index (κ3) is 3.36. The molecule has 0 fully saturated rings. The van der Waals surface area contributed by atoms with Gasteiger partial charge in [0, 0.05) is 38.9 Å². The van der Waals surface area contributed by atoms with Crippen molar-refractivity contribution in [2.24, 2.45) is 0 Å². The third-order valence-electron chi connectivity index (χ3n) is 7.75. The van der Waals surface area contributed by atoms with Crippen LogP contribution in [0.25, 0.3) is 76.8 Å². The van der Waals surface area contributed by atoms with Gasteiger partial charge in [-0.05, 0) is 35.0 Å². The summed E-state index contributed by atoms with van der Waals surface area (Å²) in [4.78, 5) is 15.2. The van der Waals surface area contributed by atoms with Crippen LogP contribution < -0.4 is 4.74 Å². The molecule has 0 radical (unpaired) electrons. The zero-order valence-corrected chi connectivity index (χ0v) is 21.8. The molecular weight excluding hydrogens is 490 g/mol. The predicted octanol–water partition coefficient (Wildman–Crippen LogP) is 8.98. The molecule has 5 aromatic carbocycles. The molecule has 0 spiro atoms. The number of ether oxygens (including phenoxy) is 1. The quantitative estimate of drug-likeness (QED) is 0.221. The highest BCUT2D eigenvalue weighted by Gasteiger charge is 2.20. The smallest absolute Gasteiger partial charge is 0.129 e. The highest BCUT2D eigenvalue weighted by Crippen LogP contribution is 2.45. The maximum absolute atomic E-state index is 6.03. The summed E-state index contributed by atoms with van der Waals surface area (Å²) in [6.45, 7) is 0. The van der Waals surface area contributed by atoms with E-state index in [0.717, 1.165) is 82.5 Å². The first-order valence-electron chi connectivity index (χ1n) is 13.3. The van der Waals surface area contributed by atoms with Crippen molar-refractivity contribution in [3.63, 3.8) is 0 Å². The average molecular weight is 514 g/mol. The van der Waals surface area contributed by atoms with Gasteiger partial charge in [-0.3, -0.25) is 4.98 Å². The summed E-state index contributed by atoms with van der Waals surface area (Å²) in [5.74, 6) is 0.804. The second-order valence-electron chi connectivity index (χ2n) is 9.98. The summed E-state index contributed by atoms with van der Waals surface area (Å²) in [7, 11) is 1.73. The summed E-state index contributed by atoms with van der Waals surface area (Å²) in [5.41, 5.74) is 6.60. The van der Waals surface area contributed by atoms with E-state index < -0.39 is 0 Å². The molecule has 0 aliphatic heterocycles. The lowest BCUT2D eigenvalue weighted by Gasteiger charge is -2.18. The second-order valence-corrected chi connectivity index (χ2v) is 9.98. The van der Waals surface area contributed by atoms with Gasteiger partial charge in [0.1, 0.15) is 5.75 Å². The normalized spacial score (nSPS) is 11.6. The molecule has 4 heteroatoms. The Morgan fingerprint density at radius 3 is 2.23 bits per heavy atom. The molecule has 0 amide bonds. The highest BCUT2D eigenvalue weighted by atomic mass is 16.5. The van der Waals surface area contributed by atoms with Crippen molar-refractivity contribution in [1.82, 2.24) is 15.0 Å². The van der Waals surface area contributed by atoms with E-state index in [2.05, 4.69) is 96.0 Å². The largest absolute Gasteiger partial charge is 0.496 e. The van der Waals surface area contributed by atoms with Crippen molar-refractivity contribution < 1.29 is 4.74 Å². The zero-order chi connectivity index (χ0) is 26.6. The van der Waals surface area contributed by atoms with Gasteiger partial charge in [-0.25, -0.2) is 9.97 Å². The minimum atomic E-state index is 0.804. The molecule has 3 aromatic heterocycles. The predicted molar refractivity (Wildman–Crippen MR) is 165 cm³/mol. The Kier molecular flexibility index (Phi) is 5.01. The van der Waals surface area contributed by atoms with Crippen LogP contribution in [-0.2, 0) is 0 Å². The van der Waals surface area contributed by atoms with E-state index in [1.807, 2.05) is 30.5 Å². The van der Waals surface area contributed by atoms with Gasteiger partial charge in [0.2, 0.25) is 0 Å². The Morgan fingerprint density at radius 1 is 0.575 bits per heavy atom. The Morgan fingerprint density at radius 2 is 1.35 bits per heavy atom. The topological polar surface area (TPSA) is 47.9 Å². The number of pyridine rings is 3. The van der Waals surface area contributed by atoms with Crippen LogP contribution in [0.15, 0.2) is 121 Å². The first-order chi connectivity index (χ1) is 19.8. The molecule has 0 saturated carbocycles. The summed E-state index contributed by atoms with van der Waals surface area (Å²) in [6, 6.07) is 39.8. The second kappa shape index (κ2) is 8.85. The van der Waals surface area contributed by atoms with Crippen LogP contribution in [0, 0.1) is 0 Å². The van der Waals surface area contributed by atoms with Crippen LogP contribution in [0.1, 0.15) is 0 Å². The van der Waals surface area contributed by atoms with Gasteiger partial charge in [0.25, 0.3) is 0 Å². The lowest BCUT2D eigenvalue weighted by atomic mass is 9.91. The number of methoxy groups -OCH3 is 1. The van der Waals surface area contributed by atoms with Crippen LogP contribution in [0.4, 0.5) is 0 Å². The van der Waals surface area contributed by atoms with Crippen LogP contribution >= 0.6 is 0 Å². The zero-order valence-electron chi connectivity index (χ0n) is 21.8. The maximum atomic E-state index is 6.03. The van der Waals surface area contributed by atoms with E-state index in [0.29, 0.717) is 0 Å². The number of aromatic nitrogens is 3. The fraction of sp³-hybridized carbons (Fsp3) is 0.0278. The minimum absolute atomic E-state index is 0.804. The Balaban J connectivity index is 1.56. The summed E-state index contributed by atoms with van der Waals surface area (Å²) < 4.78 is 6.03. The number of nitrogens with zero attached hydrogens (tertiary/aromatic N) is 3. The van der Waals surface area contributed by atoms with Gasteiger partial charge in [0.05, 0.1) is 40.4 Å². The molecule has 0 atom stereocenters. The maximum Gasteiger partial charge on any atom is 0.129 e. The highest BCUT2D eigenvalue weighted by molar-refractivity contribution is 6.27. The fourth-order valence-electron chi connectivity index (χ4n) is 5.94. The van der Waals surface area contributed by atoms with E-state index in [-0.39, 0.29) is 0 Å². The Hall–Kier alpha value is -5.35. The lowest BCUT2D eigenvalue weighted by molar-refractivity contribution is 0.420. The molecule has 8 aromatic rings. The van der Waals surface area contributed by atoms with E-state index in [1.165, 1.54) is 0 Å². The molecule has 0 aliphatic carbocycles. The summed E-state index contributed by atoms with van der Waals surface area (Å²) >= 11 is 0. The van der Waals surface area contributed by atoms with E-state index in [9.17, 15) is 0 Å². The van der Waals surface area contributed by atoms with E-state index in [1.54, 1.807) is 7.11 Å². The molecule has 0 bridgehead atoms. The molecule has 0 aliphatic rings. The Bertz CT molecular complexity index is 2260. The van der Waals surface area contributed by atoms with Crippen LogP contribution in [-0.4, -0.2) is 22.1 Å². The van der Waals surface area contributed by atoms with Gasteiger partial charge in [-0.2, -0.15) is 0 Å². The Labute approximate surface area is 230 Å². The number of benzene rings is 5. The lowest BCUT2D eigenvalue weighted by Crippen LogP contribution is -1.96. The molecule has 8 rings (SSSR count). The average Bonchev–Trinajstić information content (AvgIpc) is 3.03. The van der Waals surface area contributed by atoms with Crippen molar-refractivity contribution in [2.75, 3.05) is 7.11 Å². The number of rotatable bonds is 3. The molecule has 40 heavy (non-hydrogen) atoms. The summed E-state index contributed by atoms with van der Waals surface area (Å²) in [5, 5.41) is 7.60. The van der Waals surface area contributed by atoms with Gasteiger partial charge in [-0.15, -0.1) is 0 Å². The number of fused-ring (bicyclic) bond motifs is 8. The third-order valence-corrected chi connectivity index (χ3v) is 7.75. The van der Waals surface area contributed by atoms with Crippen molar-refractivity contribution in [1.29, 1.82) is 0 Å². The van der Waals surface area contributed by atoms with Crippen molar-refractivity contribution in [2.45, 2.75) is 0 Å². The first kappa shape index (κ1) is 22.6. The van der Waals surface area contributed by atoms with Crippen LogP contribution in [0.3, 0.4) is 0 Å². The fourth-order valence-corrected chi connectivity index (χ4v) is 5.94. The molecule has 0 saturated heterocycles. The van der Waals surface area contributed by atoms with Gasteiger partial charge in [-0.1, -0.05) is 91.0 Å².